The summed E-state index contributed by atoms with van der Waals surface area (Å²) in [4.78, 5) is 0. The largest absolute Gasteiger partial charge is 0.307 e. The van der Waals surface area contributed by atoms with Crippen molar-refractivity contribution in [3.05, 3.63) is 187 Å². The van der Waals surface area contributed by atoms with Gasteiger partial charge in [0.15, 0.2) is 0 Å². The number of benzene rings is 8. The van der Waals surface area contributed by atoms with Crippen LogP contribution in [0.15, 0.2) is 176 Å². The van der Waals surface area contributed by atoms with Crippen molar-refractivity contribution < 1.29 is 0 Å². The predicted molar refractivity (Wildman–Crippen MR) is 224 cm³/mol. The van der Waals surface area contributed by atoms with Crippen LogP contribution in [0.3, 0.4) is 0 Å². The average molecular weight is 700 g/mol. The summed E-state index contributed by atoms with van der Waals surface area (Å²) in [7, 11) is 0. The van der Waals surface area contributed by atoms with Crippen LogP contribution in [0.1, 0.15) is 11.1 Å². The Bertz CT molecular complexity index is 3420. The van der Waals surface area contributed by atoms with Gasteiger partial charge in [-0.3, -0.25) is 0 Å². The minimum absolute atomic E-state index is 0.536. The van der Waals surface area contributed by atoms with Crippen molar-refractivity contribution in [1.82, 2.24) is 13.7 Å². The molecule has 0 N–H and O–H groups in total. The number of nitriles is 2. The molecule has 0 saturated carbocycles. The molecule has 254 valence electrons. The number of rotatable bonds is 4. The van der Waals surface area contributed by atoms with Crippen LogP contribution >= 0.6 is 0 Å². The van der Waals surface area contributed by atoms with Gasteiger partial charge in [0.1, 0.15) is 12.1 Å². The molecule has 0 saturated heterocycles. The summed E-state index contributed by atoms with van der Waals surface area (Å²) in [6.07, 6.45) is 0. The van der Waals surface area contributed by atoms with Gasteiger partial charge in [0.05, 0.1) is 55.6 Å². The van der Waals surface area contributed by atoms with Crippen LogP contribution in [-0.2, 0) is 0 Å². The molecule has 0 radical (unpaired) electrons. The third-order valence-corrected chi connectivity index (χ3v) is 11.1. The second-order valence-corrected chi connectivity index (χ2v) is 14.0. The fraction of sp³-hybridized carbons (Fsp3) is 0. The molecule has 0 bridgehead atoms. The van der Waals surface area contributed by atoms with Gasteiger partial charge in [-0.15, -0.1) is 0 Å². The smallest absolute Gasteiger partial charge is 0.101 e. The lowest BCUT2D eigenvalue weighted by molar-refractivity contribution is 1.13. The monoisotopic (exact) mass is 699 g/mol. The van der Waals surface area contributed by atoms with Crippen LogP contribution in [0.25, 0.3) is 93.6 Å². The van der Waals surface area contributed by atoms with Crippen molar-refractivity contribution in [3.63, 3.8) is 0 Å². The van der Waals surface area contributed by atoms with Crippen molar-refractivity contribution >= 4 is 65.4 Å². The Kier molecular flexibility index (Phi) is 6.61. The third-order valence-electron chi connectivity index (χ3n) is 11.1. The molecule has 0 atom stereocenters. The second-order valence-electron chi connectivity index (χ2n) is 14.0. The summed E-state index contributed by atoms with van der Waals surface area (Å²) in [5.41, 5.74) is 12.3. The number of para-hydroxylation sites is 6. The van der Waals surface area contributed by atoms with E-state index in [0.717, 1.165) is 72.1 Å². The van der Waals surface area contributed by atoms with Crippen LogP contribution in [0.5, 0.6) is 0 Å². The van der Waals surface area contributed by atoms with E-state index in [0.29, 0.717) is 11.1 Å². The van der Waals surface area contributed by atoms with Crippen LogP contribution < -0.4 is 0 Å². The Morgan fingerprint density at radius 2 is 0.818 bits per heavy atom. The maximum absolute atomic E-state index is 10.4. The minimum Gasteiger partial charge on any atom is -0.307 e. The topological polar surface area (TPSA) is 62.4 Å². The standard InChI is InChI=1S/C50H29N5/c51-30-34-27-26-33(29-48(34)55-46-24-8-4-17-39(46)41-19-10-13-35(31-52)49(41)55)32-12-9-14-36(28-32)53-43-21-5-3-18-40(43)42-20-11-25-47(50(42)53)54-44-22-6-1-15-37(44)38-16-2-7-23-45(38)54/h1-29H. The lowest BCUT2D eigenvalue weighted by Gasteiger charge is -2.16. The first kappa shape index (κ1) is 30.7. The molecule has 0 unspecified atom stereocenters. The maximum atomic E-state index is 10.4. The number of hydrogen-bond donors (Lipinski definition) is 0. The molecule has 3 heterocycles. The quantitative estimate of drug-likeness (QED) is 0.184. The van der Waals surface area contributed by atoms with E-state index in [4.69, 9.17) is 0 Å². The average Bonchev–Trinajstić information content (AvgIpc) is 3.89. The van der Waals surface area contributed by atoms with Gasteiger partial charge in [0.2, 0.25) is 0 Å². The Labute approximate surface area is 316 Å². The maximum Gasteiger partial charge on any atom is 0.101 e. The zero-order valence-electron chi connectivity index (χ0n) is 29.5. The minimum atomic E-state index is 0.536. The summed E-state index contributed by atoms with van der Waals surface area (Å²) in [5.74, 6) is 0. The van der Waals surface area contributed by atoms with Gasteiger partial charge in [-0.2, -0.15) is 10.5 Å². The SMILES string of the molecule is N#Cc1ccc(-c2cccc(-n3c4ccccc4c4cccc(-n5c6ccccc6c6ccccc65)c43)c2)cc1-n1c2ccccc2c2cccc(C#N)c21. The van der Waals surface area contributed by atoms with Crippen molar-refractivity contribution in [3.8, 4) is 40.3 Å². The molecule has 55 heavy (non-hydrogen) atoms. The van der Waals surface area contributed by atoms with Gasteiger partial charge in [0, 0.05) is 38.0 Å². The summed E-state index contributed by atoms with van der Waals surface area (Å²) in [5, 5.41) is 27.5. The highest BCUT2D eigenvalue weighted by atomic mass is 15.1. The molecule has 8 aromatic carbocycles. The van der Waals surface area contributed by atoms with Crippen molar-refractivity contribution in [2.45, 2.75) is 0 Å². The molecule has 5 heteroatoms. The molecule has 5 nitrogen and oxygen atoms in total. The van der Waals surface area contributed by atoms with Gasteiger partial charge in [-0.25, -0.2) is 0 Å². The van der Waals surface area contributed by atoms with Crippen LogP contribution in [0.4, 0.5) is 0 Å². The Balaban J connectivity index is 1.16. The molecule has 0 aliphatic heterocycles. The van der Waals surface area contributed by atoms with Gasteiger partial charge >= 0.3 is 0 Å². The first-order chi connectivity index (χ1) is 27.2. The molecule has 0 aliphatic carbocycles. The summed E-state index contributed by atoms with van der Waals surface area (Å²) in [6, 6.07) is 66.0. The molecule has 0 spiro atoms. The molecule has 0 aliphatic rings. The van der Waals surface area contributed by atoms with Crippen molar-refractivity contribution in [2.75, 3.05) is 0 Å². The lowest BCUT2D eigenvalue weighted by atomic mass is 10.0. The van der Waals surface area contributed by atoms with E-state index < -0.39 is 0 Å². The molecule has 11 rings (SSSR count). The zero-order chi connectivity index (χ0) is 36.6. The Hall–Kier alpha value is -7.86. The van der Waals surface area contributed by atoms with E-state index >= 15 is 0 Å². The first-order valence-electron chi connectivity index (χ1n) is 18.3. The predicted octanol–water partition coefficient (Wildman–Crippen LogP) is 12.4. The number of nitrogens with zero attached hydrogens (tertiary/aromatic N) is 5. The molecule has 0 amide bonds. The summed E-state index contributed by atoms with van der Waals surface area (Å²) < 4.78 is 6.88. The number of fused-ring (bicyclic) bond motifs is 9. The number of aromatic nitrogens is 3. The van der Waals surface area contributed by atoms with Crippen LogP contribution in [0.2, 0.25) is 0 Å². The zero-order valence-corrected chi connectivity index (χ0v) is 29.5. The highest BCUT2D eigenvalue weighted by molar-refractivity contribution is 6.15. The summed E-state index contributed by atoms with van der Waals surface area (Å²) >= 11 is 0. The van der Waals surface area contributed by atoms with E-state index in [1.807, 2.05) is 42.5 Å². The van der Waals surface area contributed by atoms with E-state index in [-0.39, 0.29) is 0 Å². The molecular formula is C50H29N5. The van der Waals surface area contributed by atoms with E-state index in [2.05, 4.69) is 159 Å². The molecule has 11 aromatic rings. The van der Waals surface area contributed by atoms with Gasteiger partial charge in [-0.05, 0) is 71.8 Å². The molecule has 0 fully saturated rings. The number of hydrogen-bond acceptors (Lipinski definition) is 2. The normalized spacial score (nSPS) is 11.6. The van der Waals surface area contributed by atoms with Crippen LogP contribution in [-0.4, -0.2) is 13.7 Å². The first-order valence-corrected chi connectivity index (χ1v) is 18.3. The fourth-order valence-electron chi connectivity index (χ4n) is 8.81. The highest BCUT2D eigenvalue weighted by Crippen LogP contribution is 2.41. The highest BCUT2D eigenvalue weighted by Gasteiger charge is 2.21. The second kappa shape index (κ2) is 11.8. The van der Waals surface area contributed by atoms with Crippen molar-refractivity contribution in [1.29, 1.82) is 10.5 Å². The Morgan fingerprint density at radius 1 is 0.327 bits per heavy atom. The van der Waals surface area contributed by atoms with Crippen molar-refractivity contribution in [2.24, 2.45) is 0 Å². The van der Waals surface area contributed by atoms with Crippen LogP contribution in [0, 0.1) is 22.7 Å². The van der Waals surface area contributed by atoms with Gasteiger partial charge in [0.25, 0.3) is 0 Å². The molecular weight excluding hydrogens is 671 g/mol. The summed E-state index contributed by atoms with van der Waals surface area (Å²) in [6.45, 7) is 0. The van der Waals surface area contributed by atoms with E-state index in [9.17, 15) is 10.5 Å². The third kappa shape index (κ3) is 4.39. The van der Waals surface area contributed by atoms with E-state index in [1.165, 1.54) is 21.5 Å². The van der Waals surface area contributed by atoms with Gasteiger partial charge < -0.3 is 13.7 Å². The van der Waals surface area contributed by atoms with E-state index in [1.54, 1.807) is 0 Å². The fourth-order valence-corrected chi connectivity index (χ4v) is 8.81. The lowest BCUT2D eigenvalue weighted by Crippen LogP contribution is -2.01. The Morgan fingerprint density at radius 3 is 1.45 bits per heavy atom. The van der Waals surface area contributed by atoms with Gasteiger partial charge in [-0.1, -0.05) is 115 Å². The molecule has 3 aromatic heterocycles.